The van der Waals surface area contributed by atoms with Crippen molar-refractivity contribution in [1.82, 2.24) is 0 Å². The minimum absolute atomic E-state index is 0.269. The third-order valence-corrected chi connectivity index (χ3v) is 6.38. The van der Waals surface area contributed by atoms with Gasteiger partial charge in [-0.1, -0.05) is 17.7 Å². The highest BCUT2D eigenvalue weighted by atomic mass is 32.2. The molecule has 0 atom stereocenters. The Morgan fingerprint density at radius 3 is 2.00 bits per heavy atom. The summed E-state index contributed by atoms with van der Waals surface area (Å²) < 4.78 is 30.5. The van der Waals surface area contributed by atoms with Gasteiger partial charge in [-0.25, -0.2) is 0 Å². The molecule has 0 radical (unpaired) electrons. The van der Waals surface area contributed by atoms with Gasteiger partial charge in [-0.05, 0) is 63.5 Å². The number of fused-ring (bicyclic) bond motifs is 2. The largest absolute Gasteiger partial charge is 0.297 e. The zero-order chi connectivity index (χ0) is 13.7. The number of aryl methyl sites for hydroxylation is 1. The standard InChI is InChI=1S/C15H20O3S/c1-11-3-9-14(10-4-11)19(16,17)18-15(2)12-5-6-13(15)8-7-12/h3-4,9-10,12-13H,5-8H2,1-2H3. The highest BCUT2D eigenvalue weighted by Crippen LogP contribution is 2.54. The van der Waals surface area contributed by atoms with Crippen molar-refractivity contribution in [2.24, 2.45) is 11.8 Å². The first-order chi connectivity index (χ1) is 8.92. The summed E-state index contributed by atoms with van der Waals surface area (Å²) in [5.74, 6) is 0.801. The molecule has 2 saturated carbocycles. The van der Waals surface area contributed by atoms with Crippen molar-refractivity contribution in [3.8, 4) is 0 Å². The van der Waals surface area contributed by atoms with Gasteiger partial charge < -0.3 is 0 Å². The number of benzene rings is 1. The van der Waals surface area contributed by atoms with E-state index in [0.29, 0.717) is 11.8 Å². The number of hydrogen-bond acceptors (Lipinski definition) is 3. The van der Waals surface area contributed by atoms with E-state index in [1.54, 1.807) is 12.1 Å². The van der Waals surface area contributed by atoms with Crippen molar-refractivity contribution in [2.45, 2.75) is 50.0 Å². The fraction of sp³-hybridized carbons (Fsp3) is 0.600. The monoisotopic (exact) mass is 280 g/mol. The third-order valence-electron chi connectivity index (χ3n) is 4.95. The quantitative estimate of drug-likeness (QED) is 0.798. The summed E-state index contributed by atoms with van der Waals surface area (Å²) in [6.45, 7) is 3.92. The molecule has 2 bridgehead atoms. The Balaban J connectivity index is 1.88. The smallest absolute Gasteiger partial charge is 0.259 e. The third kappa shape index (κ3) is 2.11. The summed E-state index contributed by atoms with van der Waals surface area (Å²) in [6, 6.07) is 6.87. The van der Waals surface area contributed by atoms with Crippen LogP contribution in [0.3, 0.4) is 0 Å². The maximum absolute atomic E-state index is 12.4. The maximum atomic E-state index is 12.4. The Morgan fingerprint density at radius 2 is 1.53 bits per heavy atom. The molecular formula is C15H20O3S. The Labute approximate surface area is 115 Å². The lowest BCUT2D eigenvalue weighted by molar-refractivity contribution is 0.0490. The average Bonchev–Trinajstić information content (AvgIpc) is 2.82. The second kappa shape index (κ2) is 4.32. The minimum atomic E-state index is -3.64. The van der Waals surface area contributed by atoms with Gasteiger partial charge in [0.25, 0.3) is 10.1 Å². The Bertz CT molecular complexity index is 554. The van der Waals surface area contributed by atoms with Gasteiger partial charge in [-0.2, -0.15) is 8.42 Å². The average molecular weight is 280 g/mol. The Kier molecular flexibility index (Phi) is 2.98. The van der Waals surface area contributed by atoms with Crippen LogP contribution in [0, 0.1) is 18.8 Å². The molecule has 2 aliphatic rings. The summed E-state index contributed by atoms with van der Waals surface area (Å²) >= 11 is 0. The van der Waals surface area contributed by atoms with Crippen molar-refractivity contribution in [3.05, 3.63) is 29.8 Å². The first-order valence-corrected chi connectivity index (χ1v) is 8.35. The Morgan fingerprint density at radius 1 is 1.05 bits per heavy atom. The van der Waals surface area contributed by atoms with Gasteiger partial charge in [-0.3, -0.25) is 4.18 Å². The second-order valence-corrected chi connectivity index (χ2v) is 7.63. The van der Waals surface area contributed by atoms with Gasteiger partial charge in [0.15, 0.2) is 0 Å². The number of hydrogen-bond donors (Lipinski definition) is 0. The molecule has 2 aliphatic carbocycles. The van der Waals surface area contributed by atoms with Crippen LogP contribution in [0.1, 0.15) is 38.2 Å². The maximum Gasteiger partial charge on any atom is 0.297 e. The lowest BCUT2D eigenvalue weighted by atomic mass is 9.95. The van der Waals surface area contributed by atoms with E-state index in [9.17, 15) is 8.42 Å². The zero-order valence-electron chi connectivity index (χ0n) is 11.4. The van der Waals surface area contributed by atoms with Gasteiger partial charge in [0.05, 0.1) is 10.5 Å². The molecule has 1 aromatic carbocycles. The SMILES string of the molecule is Cc1ccc(S(=O)(=O)OC2(C)C3CCC2CC3)cc1. The molecule has 0 amide bonds. The van der Waals surface area contributed by atoms with Crippen molar-refractivity contribution in [3.63, 3.8) is 0 Å². The minimum Gasteiger partial charge on any atom is -0.259 e. The van der Waals surface area contributed by atoms with E-state index in [2.05, 4.69) is 0 Å². The molecule has 4 heteroatoms. The summed E-state index contributed by atoms with van der Waals surface area (Å²) in [7, 11) is -3.64. The molecule has 0 heterocycles. The summed E-state index contributed by atoms with van der Waals surface area (Å²) in [6.07, 6.45) is 4.41. The van der Waals surface area contributed by atoms with Gasteiger partial charge in [0, 0.05) is 0 Å². The molecule has 3 nitrogen and oxygen atoms in total. The van der Waals surface area contributed by atoms with Crippen molar-refractivity contribution >= 4 is 10.1 Å². The molecule has 0 spiro atoms. The highest BCUT2D eigenvalue weighted by Gasteiger charge is 2.54. The van der Waals surface area contributed by atoms with E-state index >= 15 is 0 Å². The molecule has 3 rings (SSSR count). The normalized spacial score (nSPS) is 33.8. The van der Waals surface area contributed by atoms with Gasteiger partial charge >= 0.3 is 0 Å². The first-order valence-electron chi connectivity index (χ1n) is 6.94. The fourth-order valence-corrected chi connectivity index (χ4v) is 5.01. The molecule has 1 aromatic rings. The summed E-state index contributed by atoms with van der Waals surface area (Å²) in [4.78, 5) is 0.269. The van der Waals surface area contributed by atoms with Crippen LogP contribution in [0.5, 0.6) is 0 Å². The molecule has 19 heavy (non-hydrogen) atoms. The molecular weight excluding hydrogens is 260 g/mol. The lowest BCUT2D eigenvalue weighted by Gasteiger charge is -2.29. The fourth-order valence-electron chi connectivity index (χ4n) is 3.70. The van der Waals surface area contributed by atoms with Crippen LogP contribution in [0.15, 0.2) is 29.2 Å². The van der Waals surface area contributed by atoms with E-state index in [1.807, 2.05) is 26.0 Å². The molecule has 0 N–H and O–H groups in total. The van der Waals surface area contributed by atoms with Crippen LogP contribution in [-0.4, -0.2) is 14.0 Å². The molecule has 0 saturated heterocycles. The van der Waals surface area contributed by atoms with Crippen molar-refractivity contribution < 1.29 is 12.6 Å². The summed E-state index contributed by atoms with van der Waals surface area (Å²) in [5, 5.41) is 0. The predicted molar refractivity (Wildman–Crippen MR) is 73.3 cm³/mol. The molecule has 104 valence electrons. The van der Waals surface area contributed by atoms with Gasteiger partial charge in [-0.15, -0.1) is 0 Å². The van der Waals surface area contributed by atoms with Crippen LogP contribution < -0.4 is 0 Å². The lowest BCUT2D eigenvalue weighted by Crippen LogP contribution is -2.36. The van der Waals surface area contributed by atoms with Gasteiger partial charge in [0.2, 0.25) is 0 Å². The molecule has 0 aliphatic heterocycles. The van der Waals surface area contributed by atoms with Gasteiger partial charge in [0.1, 0.15) is 0 Å². The second-order valence-electron chi connectivity index (χ2n) is 6.08. The van der Waals surface area contributed by atoms with Crippen LogP contribution in [0.25, 0.3) is 0 Å². The van der Waals surface area contributed by atoms with E-state index in [4.69, 9.17) is 4.18 Å². The summed E-state index contributed by atoms with van der Waals surface area (Å²) in [5.41, 5.74) is 0.565. The highest BCUT2D eigenvalue weighted by molar-refractivity contribution is 7.86. The topological polar surface area (TPSA) is 43.4 Å². The van der Waals surface area contributed by atoms with E-state index < -0.39 is 15.7 Å². The van der Waals surface area contributed by atoms with Crippen LogP contribution in [-0.2, 0) is 14.3 Å². The van der Waals surface area contributed by atoms with E-state index in [1.165, 1.54) is 0 Å². The van der Waals surface area contributed by atoms with Crippen molar-refractivity contribution in [2.75, 3.05) is 0 Å². The molecule has 0 aromatic heterocycles. The van der Waals surface area contributed by atoms with Crippen LogP contribution in [0.4, 0.5) is 0 Å². The van der Waals surface area contributed by atoms with Crippen LogP contribution >= 0.6 is 0 Å². The molecule has 0 unspecified atom stereocenters. The van der Waals surface area contributed by atoms with Crippen LogP contribution in [0.2, 0.25) is 0 Å². The van der Waals surface area contributed by atoms with Crippen molar-refractivity contribution in [1.29, 1.82) is 0 Å². The first kappa shape index (κ1) is 13.1. The van der Waals surface area contributed by atoms with E-state index in [-0.39, 0.29) is 4.90 Å². The predicted octanol–water partition coefficient (Wildman–Crippen LogP) is 3.28. The van der Waals surface area contributed by atoms with E-state index in [0.717, 1.165) is 31.2 Å². The zero-order valence-corrected chi connectivity index (χ0v) is 12.2. The molecule has 2 fully saturated rings. The number of rotatable bonds is 3. The Hall–Kier alpha value is -0.870.